The molecule has 1 aromatic heterocycles. The van der Waals surface area contributed by atoms with Gasteiger partial charge in [-0.2, -0.15) is 5.10 Å². The second kappa shape index (κ2) is 9.89. The van der Waals surface area contributed by atoms with Gasteiger partial charge in [0.25, 0.3) is 5.56 Å². The molecule has 3 aromatic rings. The van der Waals surface area contributed by atoms with Crippen molar-refractivity contribution in [1.29, 1.82) is 0 Å². The molecular formula is C22H25N3O5. The molecule has 3 rings (SSSR count). The first-order valence-corrected chi connectivity index (χ1v) is 9.52. The minimum atomic E-state index is -0.178. The van der Waals surface area contributed by atoms with Crippen molar-refractivity contribution >= 4 is 16.7 Å². The second-order valence-corrected chi connectivity index (χ2v) is 6.66. The van der Waals surface area contributed by atoms with Crippen LogP contribution >= 0.6 is 0 Å². The molecule has 0 saturated heterocycles. The molecule has 0 unspecified atom stereocenters. The van der Waals surface area contributed by atoms with E-state index in [4.69, 9.17) is 14.2 Å². The number of benzene rings is 2. The zero-order valence-electron chi connectivity index (χ0n) is 17.3. The maximum atomic E-state index is 12.6. The van der Waals surface area contributed by atoms with Gasteiger partial charge in [-0.05, 0) is 23.8 Å². The Morgan fingerprint density at radius 2 is 1.77 bits per heavy atom. The van der Waals surface area contributed by atoms with E-state index < -0.39 is 0 Å². The first kappa shape index (κ1) is 21.3. The molecule has 1 amide bonds. The van der Waals surface area contributed by atoms with Crippen LogP contribution in [0.1, 0.15) is 11.3 Å². The number of carbonyl (C=O) groups is 1. The number of ether oxygens (including phenoxy) is 3. The summed E-state index contributed by atoms with van der Waals surface area (Å²) in [7, 11) is 4.69. The fraction of sp³-hybridized carbons (Fsp3) is 0.318. The van der Waals surface area contributed by atoms with E-state index in [2.05, 4.69) is 10.4 Å². The molecule has 158 valence electrons. The minimum Gasteiger partial charge on any atom is -0.493 e. The average Bonchev–Trinajstić information content (AvgIpc) is 2.78. The lowest BCUT2D eigenvalue weighted by Crippen LogP contribution is -2.30. The minimum absolute atomic E-state index is 0.164. The highest BCUT2D eigenvalue weighted by molar-refractivity contribution is 5.84. The Kier molecular flexibility index (Phi) is 7.03. The van der Waals surface area contributed by atoms with Crippen molar-refractivity contribution in [3.8, 4) is 11.5 Å². The summed E-state index contributed by atoms with van der Waals surface area (Å²) >= 11 is 0. The molecule has 0 spiro atoms. The predicted octanol–water partition coefficient (Wildman–Crippen LogP) is 1.92. The molecule has 0 aliphatic heterocycles. The summed E-state index contributed by atoms with van der Waals surface area (Å²) in [5.74, 6) is 1.01. The van der Waals surface area contributed by atoms with Crippen LogP contribution in [0.4, 0.5) is 0 Å². The molecule has 8 nitrogen and oxygen atoms in total. The summed E-state index contributed by atoms with van der Waals surface area (Å²) in [6, 6.07) is 12.6. The van der Waals surface area contributed by atoms with Crippen LogP contribution in [0.2, 0.25) is 0 Å². The van der Waals surface area contributed by atoms with Crippen molar-refractivity contribution in [3.05, 3.63) is 64.1 Å². The van der Waals surface area contributed by atoms with Crippen molar-refractivity contribution in [2.24, 2.45) is 0 Å². The third kappa shape index (κ3) is 4.77. The van der Waals surface area contributed by atoms with E-state index in [0.29, 0.717) is 35.7 Å². The highest BCUT2D eigenvalue weighted by atomic mass is 16.5. The first-order valence-electron chi connectivity index (χ1n) is 9.52. The van der Waals surface area contributed by atoms with Crippen LogP contribution in [0.15, 0.2) is 47.3 Å². The highest BCUT2D eigenvalue weighted by Crippen LogP contribution is 2.27. The maximum Gasteiger partial charge on any atom is 0.274 e. The molecule has 1 heterocycles. The molecule has 0 saturated carbocycles. The average molecular weight is 411 g/mol. The Labute approximate surface area is 174 Å². The van der Waals surface area contributed by atoms with E-state index in [9.17, 15) is 9.59 Å². The highest BCUT2D eigenvalue weighted by Gasteiger charge is 2.12. The fourth-order valence-corrected chi connectivity index (χ4v) is 3.19. The van der Waals surface area contributed by atoms with Crippen molar-refractivity contribution < 1.29 is 19.0 Å². The van der Waals surface area contributed by atoms with Gasteiger partial charge in [-0.15, -0.1) is 0 Å². The number of aromatic nitrogens is 2. The molecule has 0 fully saturated rings. The summed E-state index contributed by atoms with van der Waals surface area (Å²) in [4.78, 5) is 25.1. The van der Waals surface area contributed by atoms with Crippen molar-refractivity contribution in [1.82, 2.24) is 15.1 Å². The number of nitrogens with zero attached hydrogens (tertiary/aromatic N) is 2. The standard InChI is InChI=1S/C22H25N3O5/c1-28-11-10-25-22(27)17-7-5-4-6-16(17)18(24-25)14-23-21(26)13-15-8-9-19(29-2)20(12-15)30-3/h4-9,12H,10-11,13-14H2,1-3H3,(H,23,26). The van der Waals surface area contributed by atoms with Gasteiger partial charge < -0.3 is 19.5 Å². The number of fused-ring (bicyclic) bond motifs is 1. The number of nitrogens with one attached hydrogen (secondary N) is 1. The second-order valence-electron chi connectivity index (χ2n) is 6.66. The van der Waals surface area contributed by atoms with Crippen LogP contribution in [-0.2, 0) is 29.0 Å². The van der Waals surface area contributed by atoms with Gasteiger partial charge in [-0.1, -0.05) is 24.3 Å². The van der Waals surface area contributed by atoms with Gasteiger partial charge in [0.2, 0.25) is 5.91 Å². The lowest BCUT2D eigenvalue weighted by molar-refractivity contribution is -0.120. The summed E-state index contributed by atoms with van der Waals surface area (Å²) in [5.41, 5.74) is 1.25. The van der Waals surface area contributed by atoms with Crippen LogP contribution in [0.3, 0.4) is 0 Å². The molecule has 0 bridgehead atoms. The Bertz CT molecular complexity index is 1090. The summed E-state index contributed by atoms with van der Waals surface area (Å²) in [5, 5.41) is 8.62. The Morgan fingerprint density at radius 3 is 2.47 bits per heavy atom. The number of amides is 1. The predicted molar refractivity (Wildman–Crippen MR) is 113 cm³/mol. The lowest BCUT2D eigenvalue weighted by Gasteiger charge is -2.12. The third-order valence-corrected chi connectivity index (χ3v) is 4.72. The molecule has 0 aliphatic rings. The van der Waals surface area contributed by atoms with Gasteiger partial charge in [0.15, 0.2) is 11.5 Å². The number of hydrogen-bond acceptors (Lipinski definition) is 6. The number of carbonyl (C=O) groups excluding carboxylic acids is 1. The van der Waals surface area contributed by atoms with Gasteiger partial charge in [-0.3, -0.25) is 9.59 Å². The summed E-state index contributed by atoms with van der Waals surface area (Å²) in [6.45, 7) is 0.920. The monoisotopic (exact) mass is 411 g/mol. The van der Waals surface area contributed by atoms with Crippen LogP contribution < -0.4 is 20.3 Å². The van der Waals surface area contributed by atoms with Gasteiger partial charge in [0.05, 0.1) is 51.4 Å². The fourth-order valence-electron chi connectivity index (χ4n) is 3.19. The molecule has 0 aliphatic carbocycles. The summed E-state index contributed by atoms with van der Waals surface area (Å²) in [6.07, 6.45) is 0.182. The number of hydrogen-bond donors (Lipinski definition) is 1. The van der Waals surface area contributed by atoms with Gasteiger partial charge in [0, 0.05) is 12.5 Å². The van der Waals surface area contributed by atoms with Crippen LogP contribution in [0, 0.1) is 0 Å². The van der Waals surface area contributed by atoms with Crippen molar-refractivity contribution in [3.63, 3.8) is 0 Å². The zero-order valence-corrected chi connectivity index (χ0v) is 17.3. The van der Waals surface area contributed by atoms with Gasteiger partial charge >= 0.3 is 0 Å². The molecule has 0 radical (unpaired) electrons. The van der Waals surface area contributed by atoms with Crippen molar-refractivity contribution in [2.45, 2.75) is 19.5 Å². The van der Waals surface area contributed by atoms with Crippen LogP contribution in [0.25, 0.3) is 10.8 Å². The molecule has 8 heteroatoms. The zero-order chi connectivity index (χ0) is 21.5. The molecule has 2 aromatic carbocycles. The van der Waals surface area contributed by atoms with Gasteiger partial charge in [-0.25, -0.2) is 4.68 Å². The maximum absolute atomic E-state index is 12.6. The Hall–Kier alpha value is -3.39. The normalized spacial score (nSPS) is 10.8. The molecule has 30 heavy (non-hydrogen) atoms. The molecule has 0 atom stereocenters. The van der Waals surface area contributed by atoms with Crippen LogP contribution in [-0.4, -0.2) is 43.6 Å². The molecular weight excluding hydrogens is 386 g/mol. The SMILES string of the molecule is COCCn1nc(CNC(=O)Cc2ccc(OC)c(OC)c2)c2ccccc2c1=O. The third-order valence-electron chi connectivity index (χ3n) is 4.72. The van der Waals surface area contributed by atoms with Crippen molar-refractivity contribution in [2.75, 3.05) is 27.9 Å². The van der Waals surface area contributed by atoms with E-state index >= 15 is 0 Å². The van der Waals surface area contributed by atoms with E-state index in [-0.39, 0.29) is 24.4 Å². The molecule has 1 N–H and O–H groups in total. The van der Waals surface area contributed by atoms with E-state index in [1.54, 1.807) is 39.5 Å². The quantitative estimate of drug-likeness (QED) is 0.578. The Morgan fingerprint density at radius 1 is 1.03 bits per heavy atom. The first-order chi connectivity index (χ1) is 14.6. The summed E-state index contributed by atoms with van der Waals surface area (Å²) < 4.78 is 16.9. The topological polar surface area (TPSA) is 91.7 Å². The number of methoxy groups -OCH3 is 3. The largest absolute Gasteiger partial charge is 0.493 e. The number of rotatable bonds is 9. The lowest BCUT2D eigenvalue weighted by atomic mass is 10.1. The smallest absolute Gasteiger partial charge is 0.274 e. The van der Waals surface area contributed by atoms with Gasteiger partial charge in [0.1, 0.15) is 0 Å². The van der Waals surface area contributed by atoms with E-state index in [1.807, 2.05) is 24.3 Å². The Balaban J connectivity index is 1.77. The van der Waals surface area contributed by atoms with E-state index in [1.165, 1.54) is 4.68 Å². The van der Waals surface area contributed by atoms with Crippen LogP contribution in [0.5, 0.6) is 11.5 Å². The van der Waals surface area contributed by atoms with E-state index in [0.717, 1.165) is 10.9 Å².